The highest BCUT2D eigenvalue weighted by Crippen LogP contribution is 2.20. The van der Waals surface area contributed by atoms with Gasteiger partial charge in [0.25, 0.3) is 0 Å². The van der Waals surface area contributed by atoms with Gasteiger partial charge >= 0.3 is 5.97 Å². The Labute approximate surface area is 148 Å². The zero-order chi connectivity index (χ0) is 18.4. The van der Waals surface area contributed by atoms with Crippen LogP contribution in [0.1, 0.15) is 44.0 Å². The second kappa shape index (κ2) is 8.76. The second-order valence-corrected chi connectivity index (χ2v) is 6.38. The molecule has 1 amide bonds. The van der Waals surface area contributed by atoms with E-state index in [0.29, 0.717) is 24.4 Å². The molecule has 6 nitrogen and oxygen atoms in total. The molecule has 1 fully saturated rings. The van der Waals surface area contributed by atoms with E-state index in [1.54, 1.807) is 31.2 Å². The maximum Gasteiger partial charge on any atom is 0.310 e. The minimum absolute atomic E-state index is 0.00966. The summed E-state index contributed by atoms with van der Waals surface area (Å²) in [5.41, 5.74) is 1.26. The lowest BCUT2D eigenvalue weighted by molar-refractivity contribution is -0.150. The number of anilines is 1. The highest BCUT2D eigenvalue weighted by molar-refractivity contribution is 5.97. The van der Waals surface area contributed by atoms with Crippen LogP contribution < -0.4 is 5.32 Å². The molecule has 1 heterocycles. The number of hydrogen-bond acceptors (Lipinski definition) is 5. The molecule has 136 valence electrons. The number of esters is 1. The fourth-order valence-electron chi connectivity index (χ4n) is 3.01. The molecule has 0 spiro atoms. The topological polar surface area (TPSA) is 75.7 Å². The van der Waals surface area contributed by atoms with Gasteiger partial charge in [-0.25, -0.2) is 0 Å². The van der Waals surface area contributed by atoms with Crippen LogP contribution in [0.15, 0.2) is 24.3 Å². The molecule has 2 rings (SSSR count). The Morgan fingerprint density at radius 2 is 1.96 bits per heavy atom. The van der Waals surface area contributed by atoms with Gasteiger partial charge in [-0.15, -0.1) is 0 Å². The summed E-state index contributed by atoms with van der Waals surface area (Å²) in [5, 5.41) is 2.87. The van der Waals surface area contributed by atoms with E-state index in [1.165, 1.54) is 6.92 Å². The Hall–Kier alpha value is -2.21. The molecular weight excluding hydrogens is 320 g/mol. The lowest BCUT2D eigenvalue weighted by atomic mass is 9.97. The summed E-state index contributed by atoms with van der Waals surface area (Å²) in [4.78, 5) is 37.7. The average Bonchev–Trinajstić information content (AvgIpc) is 2.61. The van der Waals surface area contributed by atoms with Gasteiger partial charge in [0.05, 0.1) is 18.6 Å². The van der Waals surface area contributed by atoms with Crippen molar-refractivity contribution in [3.05, 3.63) is 29.8 Å². The van der Waals surface area contributed by atoms with E-state index < -0.39 is 0 Å². The molecule has 1 N–H and O–H groups in total. The normalized spacial score (nSPS) is 19.1. The summed E-state index contributed by atoms with van der Waals surface area (Å²) in [5.74, 6) is -0.483. The fourth-order valence-corrected chi connectivity index (χ4v) is 3.01. The first-order chi connectivity index (χ1) is 11.9. The first-order valence-corrected chi connectivity index (χ1v) is 8.75. The number of carbonyl (C=O) groups excluding carboxylic acids is 3. The zero-order valence-electron chi connectivity index (χ0n) is 15.1. The summed E-state index contributed by atoms with van der Waals surface area (Å²) >= 11 is 0. The Morgan fingerprint density at radius 1 is 1.28 bits per heavy atom. The molecule has 1 aliphatic heterocycles. The number of ketones is 1. The molecule has 0 aliphatic carbocycles. The number of Topliss-reactive ketones (excluding diaryl/α,β-unsaturated/α-hetero) is 1. The average molecular weight is 346 g/mol. The summed E-state index contributed by atoms with van der Waals surface area (Å²) < 4.78 is 5.10. The highest BCUT2D eigenvalue weighted by atomic mass is 16.5. The molecule has 0 saturated carbocycles. The molecule has 0 aromatic heterocycles. The number of hydrogen-bond donors (Lipinski definition) is 1. The van der Waals surface area contributed by atoms with E-state index in [1.807, 2.05) is 11.8 Å². The van der Waals surface area contributed by atoms with Crippen molar-refractivity contribution in [1.29, 1.82) is 0 Å². The third-order valence-electron chi connectivity index (χ3n) is 4.56. The molecule has 25 heavy (non-hydrogen) atoms. The Morgan fingerprint density at radius 3 is 2.56 bits per heavy atom. The first kappa shape index (κ1) is 19.1. The van der Waals surface area contributed by atoms with Gasteiger partial charge in [-0.3, -0.25) is 19.3 Å². The molecule has 1 aromatic carbocycles. The van der Waals surface area contributed by atoms with Crippen LogP contribution in [0, 0.1) is 5.92 Å². The van der Waals surface area contributed by atoms with Crippen molar-refractivity contribution in [2.24, 2.45) is 5.92 Å². The molecular formula is C19H26N2O4. The smallest absolute Gasteiger partial charge is 0.310 e. The van der Waals surface area contributed by atoms with Crippen LogP contribution in [0.25, 0.3) is 0 Å². The van der Waals surface area contributed by atoms with Gasteiger partial charge in [0, 0.05) is 17.8 Å². The number of nitrogens with one attached hydrogen (secondary N) is 1. The van der Waals surface area contributed by atoms with Crippen molar-refractivity contribution in [2.75, 3.05) is 25.0 Å². The van der Waals surface area contributed by atoms with Crippen molar-refractivity contribution in [1.82, 2.24) is 4.90 Å². The van der Waals surface area contributed by atoms with Crippen molar-refractivity contribution in [2.45, 2.75) is 39.7 Å². The predicted molar refractivity (Wildman–Crippen MR) is 95.5 cm³/mol. The predicted octanol–water partition coefficient (Wildman–Crippen LogP) is 2.49. The van der Waals surface area contributed by atoms with Crippen LogP contribution in [0.5, 0.6) is 0 Å². The van der Waals surface area contributed by atoms with E-state index in [2.05, 4.69) is 5.32 Å². The van der Waals surface area contributed by atoms with Crippen LogP contribution in [0.4, 0.5) is 5.69 Å². The maximum absolute atomic E-state index is 12.5. The first-order valence-electron chi connectivity index (χ1n) is 8.75. The third kappa shape index (κ3) is 5.13. The molecule has 1 aromatic rings. The van der Waals surface area contributed by atoms with E-state index in [0.717, 1.165) is 19.4 Å². The van der Waals surface area contributed by atoms with Crippen LogP contribution >= 0.6 is 0 Å². The standard InChI is InChI=1S/C19H26N2O4/c1-4-25-19(24)16-6-5-11-21(12-16)13(2)18(23)20-17-9-7-15(8-10-17)14(3)22/h7-10,13,16H,4-6,11-12H2,1-3H3,(H,20,23)/t13-,16-/m0/s1. The Kier molecular flexibility index (Phi) is 6.70. The van der Waals surface area contributed by atoms with Gasteiger partial charge < -0.3 is 10.1 Å². The van der Waals surface area contributed by atoms with Gasteiger partial charge in [0.1, 0.15) is 0 Å². The van der Waals surface area contributed by atoms with Crippen LogP contribution in [0.3, 0.4) is 0 Å². The second-order valence-electron chi connectivity index (χ2n) is 6.38. The minimum atomic E-state index is -0.343. The molecule has 1 saturated heterocycles. The van der Waals surface area contributed by atoms with Crippen LogP contribution in [-0.4, -0.2) is 48.3 Å². The maximum atomic E-state index is 12.5. The quantitative estimate of drug-likeness (QED) is 0.633. The summed E-state index contributed by atoms with van der Waals surface area (Å²) in [6.07, 6.45) is 1.67. The van der Waals surface area contributed by atoms with Gasteiger partial charge in [-0.05, 0) is 64.4 Å². The fraction of sp³-hybridized carbons (Fsp3) is 0.526. The number of nitrogens with zero attached hydrogens (tertiary/aromatic N) is 1. The van der Waals surface area contributed by atoms with Crippen LogP contribution in [-0.2, 0) is 14.3 Å². The third-order valence-corrected chi connectivity index (χ3v) is 4.56. The summed E-state index contributed by atoms with van der Waals surface area (Å²) in [7, 11) is 0. The summed E-state index contributed by atoms with van der Waals surface area (Å²) in [6, 6.07) is 6.49. The SMILES string of the molecule is CCOC(=O)[C@H]1CCCN([C@@H](C)C(=O)Nc2ccc(C(C)=O)cc2)C1. The van der Waals surface area contributed by atoms with Crippen molar-refractivity contribution in [3.63, 3.8) is 0 Å². The van der Waals surface area contributed by atoms with Crippen molar-refractivity contribution < 1.29 is 19.1 Å². The molecule has 0 radical (unpaired) electrons. The van der Waals surface area contributed by atoms with Gasteiger partial charge in [0.2, 0.25) is 5.91 Å². The number of amides is 1. The van der Waals surface area contributed by atoms with E-state index in [-0.39, 0.29) is 29.6 Å². The molecule has 0 unspecified atom stereocenters. The highest BCUT2D eigenvalue weighted by Gasteiger charge is 2.31. The summed E-state index contributed by atoms with van der Waals surface area (Å²) in [6.45, 7) is 6.84. The largest absolute Gasteiger partial charge is 0.466 e. The molecule has 2 atom stereocenters. The van der Waals surface area contributed by atoms with Crippen LogP contribution in [0.2, 0.25) is 0 Å². The number of likely N-dealkylation sites (tertiary alicyclic amines) is 1. The number of rotatable bonds is 6. The van der Waals surface area contributed by atoms with E-state index >= 15 is 0 Å². The number of benzene rings is 1. The number of ether oxygens (including phenoxy) is 1. The number of piperidine rings is 1. The van der Waals surface area contributed by atoms with Crippen molar-refractivity contribution >= 4 is 23.3 Å². The van der Waals surface area contributed by atoms with Gasteiger partial charge in [0.15, 0.2) is 5.78 Å². The van der Waals surface area contributed by atoms with Gasteiger partial charge in [-0.2, -0.15) is 0 Å². The van der Waals surface area contributed by atoms with Crippen molar-refractivity contribution in [3.8, 4) is 0 Å². The monoisotopic (exact) mass is 346 g/mol. The number of carbonyl (C=O) groups is 3. The minimum Gasteiger partial charge on any atom is -0.466 e. The lowest BCUT2D eigenvalue weighted by Crippen LogP contribution is -2.48. The molecule has 0 bridgehead atoms. The molecule has 1 aliphatic rings. The van der Waals surface area contributed by atoms with Gasteiger partial charge in [-0.1, -0.05) is 0 Å². The Balaban J connectivity index is 1.94. The zero-order valence-corrected chi connectivity index (χ0v) is 15.1. The Bertz CT molecular complexity index is 627. The van der Waals surface area contributed by atoms with E-state index in [4.69, 9.17) is 4.74 Å². The molecule has 6 heteroatoms. The lowest BCUT2D eigenvalue weighted by Gasteiger charge is -2.35. The van der Waals surface area contributed by atoms with E-state index in [9.17, 15) is 14.4 Å².